The Morgan fingerprint density at radius 3 is 2.69 bits per heavy atom. The maximum Gasteiger partial charge on any atom is 0.0178 e. The molecule has 2 fully saturated rings. The summed E-state index contributed by atoms with van der Waals surface area (Å²) in [6, 6.07) is 9.69. The van der Waals surface area contributed by atoms with Crippen molar-refractivity contribution in [3.63, 3.8) is 0 Å². The SMILES string of the molecule is Brc1cccc(C2(CNC3CC3)CCC2)c1. The van der Waals surface area contributed by atoms with E-state index in [1.807, 2.05) is 0 Å². The third-order valence-corrected chi connectivity index (χ3v) is 4.55. The molecule has 3 rings (SSSR count). The summed E-state index contributed by atoms with van der Waals surface area (Å²) in [4.78, 5) is 0. The van der Waals surface area contributed by atoms with Crippen molar-refractivity contribution in [3.05, 3.63) is 34.3 Å². The second-order valence-corrected chi connectivity index (χ2v) is 6.22. The van der Waals surface area contributed by atoms with Gasteiger partial charge >= 0.3 is 0 Å². The second kappa shape index (κ2) is 4.15. The summed E-state index contributed by atoms with van der Waals surface area (Å²) >= 11 is 3.58. The van der Waals surface area contributed by atoms with E-state index in [0.29, 0.717) is 5.41 Å². The van der Waals surface area contributed by atoms with Gasteiger partial charge in [-0.2, -0.15) is 0 Å². The average molecular weight is 280 g/mol. The van der Waals surface area contributed by atoms with Crippen LogP contribution in [0.2, 0.25) is 0 Å². The molecule has 2 aliphatic rings. The Morgan fingerprint density at radius 1 is 1.31 bits per heavy atom. The summed E-state index contributed by atoms with van der Waals surface area (Å²) in [5.74, 6) is 0. The van der Waals surface area contributed by atoms with Crippen molar-refractivity contribution in [1.82, 2.24) is 5.32 Å². The van der Waals surface area contributed by atoms with Gasteiger partial charge in [0.15, 0.2) is 0 Å². The van der Waals surface area contributed by atoms with E-state index in [9.17, 15) is 0 Å². The van der Waals surface area contributed by atoms with Gasteiger partial charge in [0.25, 0.3) is 0 Å². The predicted octanol–water partition coefficient (Wildman–Crippen LogP) is 3.62. The topological polar surface area (TPSA) is 12.0 Å². The zero-order valence-corrected chi connectivity index (χ0v) is 11.1. The molecule has 16 heavy (non-hydrogen) atoms. The van der Waals surface area contributed by atoms with Crippen LogP contribution < -0.4 is 5.32 Å². The Bertz CT molecular complexity index is 380. The van der Waals surface area contributed by atoms with Gasteiger partial charge in [0.1, 0.15) is 0 Å². The monoisotopic (exact) mass is 279 g/mol. The van der Waals surface area contributed by atoms with E-state index in [2.05, 4.69) is 45.5 Å². The lowest BCUT2D eigenvalue weighted by molar-refractivity contribution is 0.233. The number of halogens is 1. The third kappa shape index (κ3) is 2.05. The molecular weight excluding hydrogens is 262 g/mol. The molecule has 1 N–H and O–H groups in total. The molecule has 0 aliphatic heterocycles. The smallest absolute Gasteiger partial charge is 0.0178 e. The van der Waals surface area contributed by atoms with Gasteiger partial charge in [-0.3, -0.25) is 0 Å². The minimum atomic E-state index is 0.437. The molecule has 0 aromatic heterocycles. The fourth-order valence-electron chi connectivity index (χ4n) is 2.62. The Labute approximate surface area is 106 Å². The van der Waals surface area contributed by atoms with Crippen molar-refractivity contribution in [2.24, 2.45) is 0 Å². The van der Waals surface area contributed by atoms with Crippen molar-refractivity contribution in [2.75, 3.05) is 6.54 Å². The highest BCUT2D eigenvalue weighted by atomic mass is 79.9. The largest absolute Gasteiger partial charge is 0.313 e. The summed E-state index contributed by atoms with van der Waals surface area (Å²) in [6.07, 6.45) is 6.86. The molecule has 2 saturated carbocycles. The zero-order chi connectivity index (χ0) is 11.0. The fraction of sp³-hybridized carbons (Fsp3) is 0.571. The van der Waals surface area contributed by atoms with E-state index in [0.717, 1.165) is 6.04 Å². The fourth-order valence-corrected chi connectivity index (χ4v) is 3.02. The second-order valence-electron chi connectivity index (χ2n) is 5.30. The molecule has 2 heteroatoms. The van der Waals surface area contributed by atoms with E-state index >= 15 is 0 Å². The van der Waals surface area contributed by atoms with Crippen LogP contribution in [0.25, 0.3) is 0 Å². The zero-order valence-electron chi connectivity index (χ0n) is 9.51. The summed E-state index contributed by atoms with van der Waals surface area (Å²) in [5, 5.41) is 3.70. The molecule has 0 heterocycles. The summed E-state index contributed by atoms with van der Waals surface area (Å²) in [6.45, 7) is 1.17. The molecule has 1 nitrogen and oxygen atoms in total. The van der Waals surface area contributed by atoms with Gasteiger partial charge in [0, 0.05) is 22.5 Å². The Morgan fingerprint density at radius 2 is 2.12 bits per heavy atom. The summed E-state index contributed by atoms with van der Waals surface area (Å²) in [5.41, 5.74) is 1.95. The molecule has 0 unspecified atom stereocenters. The van der Waals surface area contributed by atoms with E-state index in [-0.39, 0.29) is 0 Å². The van der Waals surface area contributed by atoms with E-state index < -0.39 is 0 Å². The maximum atomic E-state index is 3.70. The summed E-state index contributed by atoms with van der Waals surface area (Å²) in [7, 11) is 0. The van der Waals surface area contributed by atoms with Crippen LogP contribution in [0.3, 0.4) is 0 Å². The first-order valence-electron chi connectivity index (χ1n) is 6.28. The Kier molecular flexibility index (Phi) is 2.80. The number of hydrogen-bond donors (Lipinski definition) is 1. The minimum Gasteiger partial charge on any atom is -0.313 e. The molecule has 2 aliphatic carbocycles. The number of nitrogens with one attached hydrogen (secondary N) is 1. The lowest BCUT2D eigenvalue weighted by Crippen LogP contribution is -2.44. The van der Waals surface area contributed by atoms with Crippen molar-refractivity contribution < 1.29 is 0 Å². The van der Waals surface area contributed by atoms with E-state index in [1.165, 1.54) is 48.7 Å². The van der Waals surface area contributed by atoms with E-state index in [1.54, 1.807) is 0 Å². The lowest BCUT2D eigenvalue weighted by atomic mass is 9.64. The first kappa shape index (κ1) is 10.8. The molecule has 0 atom stereocenters. The first-order valence-corrected chi connectivity index (χ1v) is 7.07. The van der Waals surface area contributed by atoms with Crippen LogP contribution in [0.15, 0.2) is 28.7 Å². The normalized spacial score (nSPS) is 22.8. The third-order valence-electron chi connectivity index (χ3n) is 4.05. The highest BCUT2D eigenvalue weighted by molar-refractivity contribution is 9.10. The van der Waals surface area contributed by atoms with Crippen LogP contribution in [0.1, 0.15) is 37.7 Å². The van der Waals surface area contributed by atoms with Gasteiger partial charge in [-0.1, -0.05) is 34.5 Å². The molecule has 86 valence electrons. The predicted molar refractivity (Wildman–Crippen MR) is 70.7 cm³/mol. The van der Waals surface area contributed by atoms with Gasteiger partial charge in [-0.05, 0) is 43.4 Å². The Balaban J connectivity index is 1.77. The molecule has 0 radical (unpaired) electrons. The number of hydrogen-bond acceptors (Lipinski definition) is 1. The molecule has 0 amide bonds. The molecule has 1 aromatic rings. The molecular formula is C14H18BrN. The van der Waals surface area contributed by atoms with Gasteiger partial charge in [0.2, 0.25) is 0 Å². The summed E-state index contributed by atoms with van der Waals surface area (Å²) < 4.78 is 1.21. The van der Waals surface area contributed by atoms with Gasteiger partial charge < -0.3 is 5.32 Å². The lowest BCUT2D eigenvalue weighted by Gasteiger charge is -2.43. The van der Waals surface area contributed by atoms with Gasteiger partial charge in [0.05, 0.1) is 0 Å². The molecule has 0 bridgehead atoms. The number of rotatable bonds is 4. The standard InChI is InChI=1S/C14H18BrN/c15-12-4-1-3-11(9-12)14(7-2-8-14)10-16-13-5-6-13/h1,3-4,9,13,16H,2,5-8,10H2. The van der Waals surface area contributed by atoms with Crippen molar-refractivity contribution >= 4 is 15.9 Å². The quantitative estimate of drug-likeness (QED) is 0.888. The van der Waals surface area contributed by atoms with Gasteiger partial charge in [-0.15, -0.1) is 0 Å². The van der Waals surface area contributed by atoms with Gasteiger partial charge in [-0.25, -0.2) is 0 Å². The van der Waals surface area contributed by atoms with Crippen molar-refractivity contribution in [2.45, 2.75) is 43.6 Å². The van der Waals surface area contributed by atoms with Crippen LogP contribution >= 0.6 is 15.9 Å². The van der Waals surface area contributed by atoms with Crippen LogP contribution in [0.5, 0.6) is 0 Å². The Hall–Kier alpha value is -0.340. The maximum absolute atomic E-state index is 3.70. The molecule has 0 spiro atoms. The van der Waals surface area contributed by atoms with Crippen molar-refractivity contribution in [3.8, 4) is 0 Å². The van der Waals surface area contributed by atoms with Crippen LogP contribution in [0, 0.1) is 0 Å². The minimum absolute atomic E-state index is 0.437. The van der Waals surface area contributed by atoms with Crippen LogP contribution in [-0.2, 0) is 5.41 Å². The molecule has 1 aromatic carbocycles. The average Bonchev–Trinajstić information content (AvgIpc) is 3.00. The molecule has 0 saturated heterocycles. The highest BCUT2D eigenvalue weighted by Gasteiger charge is 2.39. The highest BCUT2D eigenvalue weighted by Crippen LogP contribution is 2.44. The number of benzene rings is 1. The van der Waals surface area contributed by atoms with Crippen LogP contribution in [0.4, 0.5) is 0 Å². The first-order chi connectivity index (χ1) is 7.78. The van der Waals surface area contributed by atoms with E-state index in [4.69, 9.17) is 0 Å². The van der Waals surface area contributed by atoms with Crippen molar-refractivity contribution in [1.29, 1.82) is 0 Å². The van der Waals surface area contributed by atoms with Crippen LogP contribution in [-0.4, -0.2) is 12.6 Å².